The normalized spacial score (nSPS) is 30.0. The maximum absolute atomic E-state index is 12.9. The molecule has 2 aromatic heterocycles. The number of piperidine rings is 3. The Bertz CT molecular complexity index is 919. The van der Waals surface area contributed by atoms with Crippen LogP contribution in [0.5, 0.6) is 0 Å². The smallest absolute Gasteiger partial charge is 0.270 e. The molecule has 4 fully saturated rings. The van der Waals surface area contributed by atoms with Crippen LogP contribution in [-0.4, -0.2) is 64.9 Å². The van der Waals surface area contributed by atoms with Crippen molar-refractivity contribution in [3.05, 3.63) is 24.2 Å². The molecule has 0 radical (unpaired) electrons. The van der Waals surface area contributed by atoms with Crippen molar-refractivity contribution < 1.29 is 14.0 Å². The van der Waals surface area contributed by atoms with Crippen LogP contribution in [0.3, 0.4) is 0 Å². The first-order chi connectivity index (χ1) is 13.6. The third-order valence-corrected chi connectivity index (χ3v) is 7.35. The van der Waals surface area contributed by atoms with E-state index < -0.39 is 0 Å². The van der Waals surface area contributed by atoms with Gasteiger partial charge in [0, 0.05) is 29.8 Å². The molecule has 28 heavy (non-hydrogen) atoms. The SMILES string of the molecule is C[C@H]1[C@H](NC(=O)c2cc3c(N4CCSCC4=O)coc3cn2)C2CCN1CC2. The number of thioether (sulfide) groups is 1. The Labute approximate surface area is 167 Å². The van der Waals surface area contributed by atoms with Crippen LogP contribution in [0.15, 0.2) is 22.9 Å². The second kappa shape index (κ2) is 7.08. The second-order valence-corrected chi connectivity index (χ2v) is 9.00. The first-order valence-electron chi connectivity index (χ1n) is 9.92. The van der Waals surface area contributed by atoms with Gasteiger partial charge in [0.1, 0.15) is 12.0 Å². The highest BCUT2D eigenvalue weighted by molar-refractivity contribution is 8.00. The van der Waals surface area contributed by atoms with Crippen molar-refractivity contribution in [2.45, 2.75) is 31.8 Å². The molecule has 2 bridgehead atoms. The number of amides is 2. The molecule has 0 spiro atoms. The van der Waals surface area contributed by atoms with Crippen molar-refractivity contribution in [3.8, 4) is 0 Å². The number of carbonyl (C=O) groups excluding carboxylic acids is 2. The Hall–Kier alpha value is -2.06. The van der Waals surface area contributed by atoms with Crippen molar-refractivity contribution in [2.24, 2.45) is 5.92 Å². The summed E-state index contributed by atoms with van der Waals surface area (Å²) in [6.07, 6.45) is 5.46. The van der Waals surface area contributed by atoms with Gasteiger partial charge in [-0.05, 0) is 44.8 Å². The molecule has 148 valence electrons. The number of pyridine rings is 1. The molecule has 4 aliphatic heterocycles. The van der Waals surface area contributed by atoms with Gasteiger partial charge in [0.05, 0.1) is 17.6 Å². The summed E-state index contributed by atoms with van der Waals surface area (Å²) >= 11 is 1.64. The summed E-state index contributed by atoms with van der Waals surface area (Å²) in [5.74, 6) is 1.83. The van der Waals surface area contributed by atoms with E-state index in [0.29, 0.717) is 35.5 Å². The maximum Gasteiger partial charge on any atom is 0.270 e. The lowest BCUT2D eigenvalue weighted by atomic mass is 9.79. The lowest BCUT2D eigenvalue weighted by Gasteiger charge is -2.49. The van der Waals surface area contributed by atoms with Gasteiger partial charge in [-0.15, -0.1) is 0 Å². The number of nitrogens with zero attached hydrogens (tertiary/aromatic N) is 3. The summed E-state index contributed by atoms with van der Waals surface area (Å²) in [6.45, 7) is 5.10. The van der Waals surface area contributed by atoms with Crippen molar-refractivity contribution >= 4 is 40.2 Å². The largest absolute Gasteiger partial charge is 0.460 e. The zero-order chi connectivity index (χ0) is 19.3. The number of anilines is 1. The van der Waals surface area contributed by atoms with E-state index in [1.807, 2.05) is 0 Å². The minimum atomic E-state index is -0.153. The van der Waals surface area contributed by atoms with E-state index in [2.05, 4.69) is 22.1 Å². The molecular weight excluding hydrogens is 376 g/mol. The van der Waals surface area contributed by atoms with Crippen LogP contribution in [-0.2, 0) is 4.79 Å². The number of carbonyl (C=O) groups is 2. The molecule has 0 unspecified atom stereocenters. The zero-order valence-electron chi connectivity index (χ0n) is 15.9. The molecule has 8 heteroatoms. The molecule has 2 aromatic rings. The molecule has 6 heterocycles. The average Bonchev–Trinajstić information content (AvgIpc) is 3.14. The van der Waals surface area contributed by atoms with Crippen molar-refractivity contribution in [1.82, 2.24) is 15.2 Å². The third-order valence-electron chi connectivity index (χ3n) is 6.43. The predicted molar refractivity (Wildman–Crippen MR) is 109 cm³/mol. The fraction of sp³-hybridized carbons (Fsp3) is 0.550. The molecule has 2 amide bonds. The monoisotopic (exact) mass is 400 g/mol. The number of hydrogen-bond acceptors (Lipinski definition) is 6. The fourth-order valence-electron chi connectivity index (χ4n) is 4.80. The second-order valence-electron chi connectivity index (χ2n) is 7.90. The molecule has 0 saturated carbocycles. The van der Waals surface area contributed by atoms with E-state index in [1.54, 1.807) is 35.2 Å². The Morgan fingerprint density at radius 2 is 2.14 bits per heavy atom. The van der Waals surface area contributed by atoms with E-state index in [1.165, 1.54) is 0 Å². The molecular formula is C20H24N4O3S. The molecule has 1 N–H and O–H groups in total. The topological polar surface area (TPSA) is 78.7 Å². The van der Waals surface area contributed by atoms with Crippen LogP contribution < -0.4 is 10.2 Å². The Kier molecular flexibility index (Phi) is 4.55. The number of fused-ring (bicyclic) bond motifs is 4. The highest BCUT2D eigenvalue weighted by atomic mass is 32.2. The predicted octanol–water partition coefficient (Wildman–Crippen LogP) is 2.12. The van der Waals surface area contributed by atoms with Gasteiger partial charge >= 0.3 is 0 Å². The molecule has 4 aliphatic rings. The van der Waals surface area contributed by atoms with Crippen LogP contribution in [0.2, 0.25) is 0 Å². The lowest BCUT2D eigenvalue weighted by Crippen LogP contribution is -2.62. The summed E-state index contributed by atoms with van der Waals surface area (Å²) in [6, 6.07) is 2.27. The standard InChI is InChI=1S/C20H24N4O3S/c1-12-19(13-2-4-23(12)5-3-13)22-20(26)15-8-14-16(10-27-17(14)9-21-15)24-6-7-28-11-18(24)25/h8-10,12-13,19H,2-7,11H2,1H3,(H,22,26)/t12-,19-/m0/s1. The van der Waals surface area contributed by atoms with Gasteiger partial charge in [0.2, 0.25) is 5.91 Å². The van der Waals surface area contributed by atoms with Crippen molar-refractivity contribution in [2.75, 3.05) is 36.0 Å². The van der Waals surface area contributed by atoms with E-state index >= 15 is 0 Å². The van der Waals surface area contributed by atoms with Crippen molar-refractivity contribution in [1.29, 1.82) is 0 Å². The molecule has 7 nitrogen and oxygen atoms in total. The Balaban J connectivity index is 1.40. The van der Waals surface area contributed by atoms with Gasteiger partial charge in [0.15, 0.2) is 5.58 Å². The number of hydrogen-bond donors (Lipinski definition) is 1. The summed E-state index contributed by atoms with van der Waals surface area (Å²) < 4.78 is 5.59. The van der Waals surface area contributed by atoms with Crippen LogP contribution in [0.1, 0.15) is 30.3 Å². The first kappa shape index (κ1) is 18.0. The zero-order valence-corrected chi connectivity index (χ0v) is 16.7. The maximum atomic E-state index is 12.9. The third kappa shape index (κ3) is 2.99. The van der Waals surface area contributed by atoms with Gasteiger partial charge in [-0.2, -0.15) is 11.8 Å². The number of rotatable bonds is 3. The molecule has 2 atom stereocenters. The highest BCUT2D eigenvalue weighted by Crippen LogP contribution is 2.33. The molecule has 0 aromatic carbocycles. The summed E-state index contributed by atoms with van der Waals surface area (Å²) in [5, 5.41) is 3.99. The van der Waals surface area contributed by atoms with Gasteiger partial charge in [-0.25, -0.2) is 4.98 Å². The van der Waals surface area contributed by atoms with Gasteiger partial charge in [-0.3, -0.25) is 14.5 Å². The average molecular weight is 401 g/mol. The first-order valence-corrected chi connectivity index (χ1v) is 11.1. The van der Waals surface area contributed by atoms with Crippen LogP contribution in [0.25, 0.3) is 11.0 Å². The van der Waals surface area contributed by atoms with Gasteiger partial charge in [-0.1, -0.05) is 0 Å². The lowest BCUT2D eigenvalue weighted by molar-refractivity contribution is -0.116. The number of aromatic nitrogens is 1. The Morgan fingerprint density at radius 1 is 1.32 bits per heavy atom. The quantitative estimate of drug-likeness (QED) is 0.850. The van der Waals surface area contributed by atoms with Gasteiger partial charge in [0.25, 0.3) is 5.91 Å². The minimum Gasteiger partial charge on any atom is -0.460 e. The van der Waals surface area contributed by atoms with Crippen LogP contribution in [0, 0.1) is 5.92 Å². The Morgan fingerprint density at radius 3 is 2.89 bits per heavy atom. The molecule has 4 saturated heterocycles. The van der Waals surface area contributed by atoms with E-state index in [9.17, 15) is 9.59 Å². The van der Waals surface area contributed by atoms with Crippen molar-refractivity contribution in [3.63, 3.8) is 0 Å². The minimum absolute atomic E-state index is 0.0721. The summed E-state index contributed by atoms with van der Waals surface area (Å²) in [7, 11) is 0. The summed E-state index contributed by atoms with van der Waals surface area (Å²) in [5.41, 5.74) is 1.69. The van der Waals surface area contributed by atoms with Gasteiger partial charge < -0.3 is 14.6 Å². The number of furan rings is 1. The summed E-state index contributed by atoms with van der Waals surface area (Å²) in [4.78, 5) is 33.8. The number of nitrogens with one attached hydrogen (secondary N) is 1. The van der Waals surface area contributed by atoms with E-state index in [0.717, 1.165) is 42.8 Å². The fourth-order valence-corrected chi connectivity index (χ4v) is 5.58. The highest BCUT2D eigenvalue weighted by Gasteiger charge is 2.40. The van der Waals surface area contributed by atoms with E-state index in [4.69, 9.17) is 4.42 Å². The van der Waals surface area contributed by atoms with Crippen LogP contribution in [0.4, 0.5) is 5.69 Å². The molecule has 0 aliphatic carbocycles. The molecule has 6 rings (SSSR count). The van der Waals surface area contributed by atoms with Crippen LogP contribution >= 0.6 is 11.8 Å². The van der Waals surface area contributed by atoms with E-state index in [-0.39, 0.29) is 17.9 Å².